The summed E-state index contributed by atoms with van der Waals surface area (Å²) in [4.78, 5) is 0. The van der Waals surface area contributed by atoms with Crippen LogP contribution in [0.5, 0.6) is 0 Å². The molecule has 1 aliphatic heterocycles. The molecule has 75 valence electrons. The van der Waals surface area contributed by atoms with Crippen LogP contribution in [0.15, 0.2) is 0 Å². The molecule has 0 saturated carbocycles. The van der Waals surface area contributed by atoms with Gasteiger partial charge in [-0.25, -0.2) is 0 Å². The van der Waals surface area contributed by atoms with E-state index in [1.807, 2.05) is 0 Å². The zero-order valence-electron chi connectivity index (χ0n) is 8.22. The number of methoxy groups -OCH3 is 1. The van der Waals surface area contributed by atoms with Gasteiger partial charge in [-0.15, -0.1) is 12.6 Å². The van der Waals surface area contributed by atoms with E-state index in [1.165, 1.54) is 6.42 Å². The summed E-state index contributed by atoms with van der Waals surface area (Å²) in [6.45, 7) is 8.08. The number of nitrogens with zero attached hydrogens (tertiary/aromatic N) is 1. The van der Waals surface area contributed by atoms with Crippen molar-refractivity contribution in [2.45, 2.75) is 38.8 Å². The largest absolute Gasteiger partial charge is 0.657 e. The summed E-state index contributed by atoms with van der Waals surface area (Å²) < 4.78 is 5.15. The van der Waals surface area contributed by atoms with Gasteiger partial charge < -0.3 is 17.0 Å². The van der Waals surface area contributed by atoms with Gasteiger partial charge in [0.2, 0.25) is 0 Å². The maximum absolute atomic E-state index is 5.15. The van der Waals surface area contributed by atoms with Gasteiger partial charge in [-0.3, -0.25) is 0 Å². The molecule has 1 saturated heterocycles. The fourth-order valence-electron chi connectivity index (χ4n) is 1.19. The molecule has 2 nitrogen and oxygen atoms in total. The van der Waals surface area contributed by atoms with Crippen molar-refractivity contribution >= 4 is 0 Å². The summed E-state index contributed by atoms with van der Waals surface area (Å²) in [5.41, 5.74) is 0. The smallest absolute Gasteiger partial charge is 0.0370 e. The third-order valence-corrected chi connectivity index (χ3v) is 1.91. The van der Waals surface area contributed by atoms with Crippen LogP contribution in [0.2, 0.25) is 0 Å². The van der Waals surface area contributed by atoms with Crippen molar-refractivity contribution in [3.8, 4) is 0 Å². The summed E-state index contributed by atoms with van der Waals surface area (Å²) >= 11 is 0. The summed E-state index contributed by atoms with van der Waals surface area (Å²) in [6, 6.07) is 0.579. The predicted molar refractivity (Wildman–Crippen MR) is 48.8 cm³/mol. The molecule has 1 aliphatic rings. The number of hydrogen-bond acceptors (Lipinski definition) is 1. The minimum absolute atomic E-state index is 0. The first kappa shape index (κ1) is 15.1. The molecule has 0 N–H and O–H groups in total. The molecule has 1 radical (unpaired) electrons. The van der Waals surface area contributed by atoms with Gasteiger partial charge in [-0.2, -0.15) is 6.92 Å². The third kappa shape index (κ3) is 5.26. The SMILES string of the molecule is CCC1CC(OC)C[N-]1.[CH2-]C.[Tc]. The fraction of sp³-hybridized carbons (Fsp3) is 0.889. The van der Waals surface area contributed by atoms with Gasteiger partial charge >= 0.3 is 0 Å². The Morgan fingerprint density at radius 1 is 1.50 bits per heavy atom. The van der Waals surface area contributed by atoms with E-state index < -0.39 is 0 Å². The summed E-state index contributed by atoms with van der Waals surface area (Å²) in [7, 11) is 1.76. The zero-order valence-corrected chi connectivity index (χ0v) is 10.1. The molecule has 0 bridgehead atoms. The van der Waals surface area contributed by atoms with Crippen LogP contribution in [-0.4, -0.2) is 25.8 Å². The van der Waals surface area contributed by atoms with Crippen molar-refractivity contribution in [2.75, 3.05) is 13.7 Å². The van der Waals surface area contributed by atoms with Gasteiger partial charge in [0.15, 0.2) is 0 Å². The summed E-state index contributed by atoms with van der Waals surface area (Å²) in [5.74, 6) is 0. The van der Waals surface area contributed by atoms with E-state index >= 15 is 0 Å². The normalized spacial score (nSPS) is 27.0. The van der Waals surface area contributed by atoms with Gasteiger partial charge in [0.1, 0.15) is 0 Å². The van der Waals surface area contributed by atoms with Crippen molar-refractivity contribution in [1.82, 2.24) is 0 Å². The maximum Gasteiger partial charge on any atom is 0.0370 e. The van der Waals surface area contributed by atoms with Crippen molar-refractivity contribution < 1.29 is 24.8 Å². The van der Waals surface area contributed by atoms with Gasteiger partial charge in [-0.05, 0) is 6.42 Å². The van der Waals surface area contributed by atoms with Crippen molar-refractivity contribution in [3.63, 3.8) is 0 Å². The van der Waals surface area contributed by atoms with Crippen LogP contribution in [-0.2, 0) is 24.8 Å². The van der Waals surface area contributed by atoms with E-state index in [-0.39, 0.29) is 20.1 Å². The minimum atomic E-state index is 0. The molecule has 0 aromatic carbocycles. The van der Waals surface area contributed by atoms with Gasteiger partial charge in [0, 0.05) is 33.3 Å². The molecule has 1 rings (SSSR count). The van der Waals surface area contributed by atoms with Crippen LogP contribution >= 0.6 is 0 Å². The van der Waals surface area contributed by atoms with E-state index in [0.717, 1.165) is 13.0 Å². The second kappa shape index (κ2) is 9.66. The summed E-state index contributed by atoms with van der Waals surface area (Å²) in [5, 5.41) is 4.38. The predicted octanol–water partition coefficient (Wildman–Crippen LogP) is 2.40. The second-order valence-corrected chi connectivity index (χ2v) is 2.52. The Morgan fingerprint density at radius 2 is 2.08 bits per heavy atom. The molecule has 2 atom stereocenters. The second-order valence-electron chi connectivity index (χ2n) is 2.52. The zero-order chi connectivity index (χ0) is 8.69. The first-order valence-corrected chi connectivity index (χ1v) is 4.27. The molecule has 2 unspecified atom stereocenters. The molecule has 0 amide bonds. The average Bonchev–Trinajstić information content (AvgIpc) is 2.55. The first-order valence-electron chi connectivity index (χ1n) is 4.27. The van der Waals surface area contributed by atoms with Crippen molar-refractivity contribution in [3.05, 3.63) is 12.2 Å². The average molecular weight is 255 g/mol. The molecule has 1 heterocycles. The molecule has 0 aliphatic carbocycles. The first-order chi connectivity index (χ1) is 5.36. The quantitative estimate of drug-likeness (QED) is 0.695. The van der Waals surface area contributed by atoms with Gasteiger partial charge in [0.05, 0.1) is 0 Å². The van der Waals surface area contributed by atoms with Gasteiger partial charge in [0.25, 0.3) is 0 Å². The molecule has 0 aromatic rings. The van der Waals surface area contributed by atoms with Crippen LogP contribution in [0.4, 0.5) is 0 Å². The van der Waals surface area contributed by atoms with E-state index in [4.69, 9.17) is 4.74 Å². The molecule has 1 fully saturated rings. The Morgan fingerprint density at radius 3 is 2.33 bits per heavy atom. The molecule has 3 heteroatoms. The Bertz CT molecular complexity index is 80.6. The van der Waals surface area contributed by atoms with Crippen molar-refractivity contribution in [1.29, 1.82) is 0 Å². The maximum atomic E-state index is 5.15. The van der Waals surface area contributed by atoms with E-state index in [9.17, 15) is 0 Å². The number of rotatable bonds is 2. The van der Waals surface area contributed by atoms with Crippen LogP contribution in [0.25, 0.3) is 5.32 Å². The van der Waals surface area contributed by atoms with E-state index in [0.29, 0.717) is 12.1 Å². The molecular formula is C9H19NOTc-2. The Labute approximate surface area is 89.8 Å². The number of hydrogen-bond donors (Lipinski definition) is 0. The van der Waals surface area contributed by atoms with Crippen LogP contribution in [0.3, 0.4) is 0 Å². The molecular weight excluding hydrogens is 236 g/mol. The molecule has 12 heavy (non-hydrogen) atoms. The Hall–Kier alpha value is 0.569. The number of ether oxygens (including phenoxy) is 1. The van der Waals surface area contributed by atoms with Crippen LogP contribution in [0.1, 0.15) is 26.7 Å². The molecule has 0 aromatic heterocycles. The minimum Gasteiger partial charge on any atom is -0.657 e. The summed E-state index contributed by atoms with van der Waals surface area (Å²) in [6.07, 6.45) is 2.71. The topological polar surface area (TPSA) is 23.3 Å². The standard InChI is InChI=1S/C7H14NO.C2H5.Tc/c1-3-6-4-7(9-2)5-8-6;1-2;/h6-7H,3-5H2,1-2H3;1H2,2H3;/q2*-1;. The van der Waals surface area contributed by atoms with Crippen LogP contribution < -0.4 is 0 Å². The van der Waals surface area contributed by atoms with E-state index in [2.05, 4.69) is 19.2 Å². The molecule has 0 spiro atoms. The van der Waals surface area contributed by atoms with Gasteiger partial charge in [-0.1, -0.05) is 13.3 Å². The third-order valence-electron chi connectivity index (χ3n) is 1.91. The van der Waals surface area contributed by atoms with Crippen molar-refractivity contribution in [2.24, 2.45) is 0 Å². The van der Waals surface area contributed by atoms with E-state index in [1.54, 1.807) is 14.0 Å². The fourth-order valence-corrected chi connectivity index (χ4v) is 1.19. The van der Waals surface area contributed by atoms with Crippen LogP contribution in [0, 0.1) is 6.92 Å². The Kier molecular flexibility index (Phi) is 12.1. The monoisotopic (exact) mass is 254 g/mol. The Balaban J connectivity index is 0.